The molecule has 0 aliphatic rings. The van der Waals surface area contributed by atoms with Crippen molar-refractivity contribution < 1.29 is 19.4 Å². The molecule has 0 aliphatic carbocycles. The van der Waals surface area contributed by atoms with Crippen molar-refractivity contribution in [2.75, 3.05) is 20.2 Å². The minimum absolute atomic E-state index is 0.0834. The predicted molar refractivity (Wildman–Crippen MR) is 79.7 cm³/mol. The zero-order chi connectivity index (χ0) is 15.4. The molecule has 0 aromatic heterocycles. The molecule has 1 N–H and O–H groups in total. The molecule has 5 heteroatoms. The second-order valence-corrected chi connectivity index (χ2v) is 4.66. The third-order valence-electron chi connectivity index (χ3n) is 3.36. The first kappa shape index (κ1) is 14.8. The molecular weight excluding hydrogens is 270 g/mol. The summed E-state index contributed by atoms with van der Waals surface area (Å²) in [4.78, 5) is 24.8. The van der Waals surface area contributed by atoms with E-state index in [0.29, 0.717) is 11.9 Å². The van der Waals surface area contributed by atoms with Crippen LogP contribution in [0.2, 0.25) is 0 Å². The van der Waals surface area contributed by atoms with E-state index in [1.807, 2.05) is 19.1 Å². The van der Waals surface area contributed by atoms with Crippen LogP contribution in [0.25, 0.3) is 10.8 Å². The number of nitrogens with zero attached hydrogens (tertiary/aromatic N) is 1. The quantitative estimate of drug-likeness (QED) is 0.917. The molecule has 0 bridgehead atoms. The van der Waals surface area contributed by atoms with Crippen LogP contribution in [0.1, 0.15) is 17.3 Å². The van der Waals surface area contributed by atoms with Crippen molar-refractivity contribution in [3.8, 4) is 5.75 Å². The molecule has 0 unspecified atom stereocenters. The zero-order valence-electron chi connectivity index (χ0n) is 12.0. The van der Waals surface area contributed by atoms with E-state index < -0.39 is 5.97 Å². The Balaban J connectivity index is 2.33. The van der Waals surface area contributed by atoms with Crippen molar-refractivity contribution in [1.82, 2.24) is 4.90 Å². The van der Waals surface area contributed by atoms with Crippen LogP contribution in [0.15, 0.2) is 36.4 Å². The van der Waals surface area contributed by atoms with E-state index in [-0.39, 0.29) is 23.8 Å². The topological polar surface area (TPSA) is 66.8 Å². The van der Waals surface area contributed by atoms with Gasteiger partial charge in [0.05, 0.1) is 0 Å². The Morgan fingerprint density at radius 3 is 2.57 bits per heavy atom. The van der Waals surface area contributed by atoms with E-state index in [4.69, 9.17) is 4.74 Å². The first-order chi connectivity index (χ1) is 10.0. The molecule has 5 nitrogen and oxygen atoms in total. The highest BCUT2D eigenvalue weighted by atomic mass is 16.5. The lowest BCUT2D eigenvalue weighted by atomic mass is 10.0. The maximum Gasteiger partial charge on any atom is 0.340 e. The normalized spacial score (nSPS) is 10.4. The van der Waals surface area contributed by atoms with Gasteiger partial charge >= 0.3 is 5.97 Å². The Kier molecular flexibility index (Phi) is 4.42. The number of likely N-dealkylation sites (N-methyl/N-ethyl adjacent to an activating group) is 1. The van der Waals surface area contributed by atoms with Gasteiger partial charge in [0, 0.05) is 13.6 Å². The molecule has 2 aromatic rings. The van der Waals surface area contributed by atoms with Crippen molar-refractivity contribution >= 4 is 22.6 Å². The van der Waals surface area contributed by atoms with Crippen molar-refractivity contribution in [3.63, 3.8) is 0 Å². The SMILES string of the molecule is CCN(C)C(=O)COc1ccc2ccccc2c1C(=O)O. The molecular formula is C16H17NO4. The molecule has 2 aromatic carbocycles. The van der Waals surface area contributed by atoms with Gasteiger partial charge in [-0.25, -0.2) is 4.79 Å². The van der Waals surface area contributed by atoms with Crippen LogP contribution in [-0.4, -0.2) is 42.1 Å². The van der Waals surface area contributed by atoms with Gasteiger partial charge in [0.25, 0.3) is 5.91 Å². The van der Waals surface area contributed by atoms with Gasteiger partial charge in [-0.15, -0.1) is 0 Å². The molecule has 21 heavy (non-hydrogen) atoms. The van der Waals surface area contributed by atoms with Gasteiger partial charge in [0.15, 0.2) is 6.61 Å². The fraction of sp³-hybridized carbons (Fsp3) is 0.250. The van der Waals surface area contributed by atoms with Crippen molar-refractivity contribution in [2.45, 2.75) is 6.92 Å². The number of carbonyl (C=O) groups is 2. The van der Waals surface area contributed by atoms with Gasteiger partial charge in [-0.05, 0) is 23.8 Å². The maximum absolute atomic E-state index is 11.7. The van der Waals surface area contributed by atoms with Crippen molar-refractivity contribution in [3.05, 3.63) is 42.0 Å². The number of benzene rings is 2. The van der Waals surface area contributed by atoms with E-state index in [1.54, 1.807) is 31.3 Å². The molecule has 0 spiro atoms. The van der Waals surface area contributed by atoms with E-state index in [0.717, 1.165) is 5.39 Å². The molecule has 0 saturated heterocycles. The number of hydrogen-bond acceptors (Lipinski definition) is 3. The summed E-state index contributed by atoms with van der Waals surface area (Å²) in [5.41, 5.74) is 0.0834. The summed E-state index contributed by atoms with van der Waals surface area (Å²) in [6.45, 7) is 2.26. The van der Waals surface area contributed by atoms with Crippen LogP contribution >= 0.6 is 0 Å². The highest BCUT2D eigenvalue weighted by Crippen LogP contribution is 2.28. The maximum atomic E-state index is 11.7. The minimum Gasteiger partial charge on any atom is -0.483 e. The molecule has 2 rings (SSSR count). The second kappa shape index (κ2) is 6.26. The third kappa shape index (κ3) is 3.13. The van der Waals surface area contributed by atoms with Crippen molar-refractivity contribution in [2.24, 2.45) is 0 Å². The monoisotopic (exact) mass is 287 g/mol. The molecule has 0 heterocycles. The van der Waals surface area contributed by atoms with Crippen LogP contribution < -0.4 is 4.74 Å². The van der Waals surface area contributed by atoms with Gasteiger partial charge in [-0.1, -0.05) is 30.3 Å². The summed E-state index contributed by atoms with van der Waals surface area (Å²) in [6.07, 6.45) is 0. The number of amides is 1. The fourth-order valence-electron chi connectivity index (χ4n) is 2.02. The van der Waals surface area contributed by atoms with E-state index in [2.05, 4.69) is 0 Å². The highest BCUT2D eigenvalue weighted by molar-refractivity contribution is 6.06. The number of carbonyl (C=O) groups excluding carboxylic acids is 1. The summed E-state index contributed by atoms with van der Waals surface area (Å²) in [5, 5.41) is 10.8. The third-order valence-corrected chi connectivity index (χ3v) is 3.36. The number of rotatable bonds is 5. The average molecular weight is 287 g/mol. The number of hydrogen-bond donors (Lipinski definition) is 1. The lowest BCUT2D eigenvalue weighted by Crippen LogP contribution is -2.31. The largest absolute Gasteiger partial charge is 0.483 e. The number of fused-ring (bicyclic) bond motifs is 1. The van der Waals surface area contributed by atoms with Gasteiger partial charge < -0.3 is 14.7 Å². The predicted octanol–water partition coefficient (Wildman–Crippen LogP) is 2.40. The fourth-order valence-corrected chi connectivity index (χ4v) is 2.02. The van der Waals surface area contributed by atoms with Gasteiger partial charge in [0.2, 0.25) is 0 Å². The number of carboxylic acid groups (broad SMARTS) is 1. The molecule has 110 valence electrons. The summed E-state index contributed by atoms with van der Waals surface area (Å²) in [6, 6.07) is 10.5. The smallest absolute Gasteiger partial charge is 0.340 e. The van der Waals surface area contributed by atoms with Gasteiger partial charge in [0.1, 0.15) is 11.3 Å². The Morgan fingerprint density at radius 2 is 1.90 bits per heavy atom. The van der Waals surface area contributed by atoms with E-state index in [9.17, 15) is 14.7 Å². The molecule has 0 fully saturated rings. The van der Waals surface area contributed by atoms with Crippen molar-refractivity contribution in [1.29, 1.82) is 0 Å². The molecule has 0 radical (unpaired) electrons. The molecule has 0 atom stereocenters. The highest BCUT2D eigenvalue weighted by Gasteiger charge is 2.17. The first-order valence-corrected chi connectivity index (χ1v) is 6.66. The van der Waals surface area contributed by atoms with Crippen LogP contribution in [0.3, 0.4) is 0 Å². The molecule has 0 saturated carbocycles. The first-order valence-electron chi connectivity index (χ1n) is 6.66. The van der Waals surface area contributed by atoms with E-state index >= 15 is 0 Å². The molecule has 1 amide bonds. The Bertz CT molecular complexity index is 681. The second-order valence-electron chi connectivity index (χ2n) is 4.66. The zero-order valence-corrected chi connectivity index (χ0v) is 12.0. The van der Waals surface area contributed by atoms with Crippen LogP contribution in [0, 0.1) is 0 Å². The standard InChI is InChI=1S/C16H17NO4/c1-3-17(2)14(18)10-21-13-9-8-11-6-4-5-7-12(11)15(13)16(19)20/h4-9H,3,10H2,1-2H3,(H,19,20). The Labute approximate surface area is 122 Å². The van der Waals surface area contributed by atoms with Gasteiger partial charge in [-0.3, -0.25) is 4.79 Å². The summed E-state index contributed by atoms with van der Waals surface area (Å²) in [5.74, 6) is -1.06. The number of carboxylic acids is 1. The Morgan fingerprint density at radius 1 is 1.19 bits per heavy atom. The molecule has 0 aliphatic heterocycles. The van der Waals surface area contributed by atoms with Crippen LogP contribution in [0.4, 0.5) is 0 Å². The average Bonchev–Trinajstić information content (AvgIpc) is 2.50. The number of ether oxygens (including phenoxy) is 1. The van der Waals surface area contributed by atoms with Crippen LogP contribution in [0.5, 0.6) is 5.75 Å². The van der Waals surface area contributed by atoms with Gasteiger partial charge in [-0.2, -0.15) is 0 Å². The van der Waals surface area contributed by atoms with E-state index in [1.165, 1.54) is 4.90 Å². The summed E-state index contributed by atoms with van der Waals surface area (Å²) in [7, 11) is 1.67. The minimum atomic E-state index is -1.07. The summed E-state index contributed by atoms with van der Waals surface area (Å²) < 4.78 is 5.42. The summed E-state index contributed by atoms with van der Waals surface area (Å²) >= 11 is 0. The number of aromatic carboxylic acids is 1. The van der Waals surface area contributed by atoms with Crippen LogP contribution in [-0.2, 0) is 4.79 Å². The lowest BCUT2D eigenvalue weighted by Gasteiger charge is -2.16. The Hall–Kier alpha value is -2.56. The lowest BCUT2D eigenvalue weighted by molar-refractivity contribution is -0.131.